The Hall–Kier alpha value is -3.39. The summed E-state index contributed by atoms with van der Waals surface area (Å²) in [5, 5.41) is 8.34. The van der Waals surface area contributed by atoms with Crippen molar-refractivity contribution in [3.63, 3.8) is 0 Å². The van der Waals surface area contributed by atoms with E-state index in [1.54, 1.807) is 55.6 Å². The molecule has 0 aliphatic carbocycles. The van der Waals surface area contributed by atoms with Crippen molar-refractivity contribution < 1.29 is 24.0 Å². The quantitative estimate of drug-likeness (QED) is 0.465. The van der Waals surface area contributed by atoms with Gasteiger partial charge in [0, 0.05) is 23.5 Å². The average Bonchev–Trinajstić information content (AvgIpc) is 2.74. The van der Waals surface area contributed by atoms with E-state index in [9.17, 15) is 14.4 Å². The number of anilines is 2. The standard InChI is InChI=1S/C22H28N4O4/c1-4-23-22(29)16-7-6-8-18(13-16)25-21(28)15-26(5-2)14-20(27)24-17-9-11-19(30-3)12-10-17/h6-13H,4-5,14-15H2,1-3H3,(H,23,29)(H,24,27)(H,25,28)/p+1. The van der Waals surface area contributed by atoms with Crippen molar-refractivity contribution >= 4 is 29.1 Å². The molecule has 0 saturated heterocycles. The number of hydrogen-bond donors (Lipinski definition) is 4. The number of benzene rings is 2. The van der Waals surface area contributed by atoms with Gasteiger partial charge in [-0.05, 0) is 56.3 Å². The minimum absolute atomic E-state index is 0.137. The molecule has 0 saturated carbocycles. The second-order valence-electron chi connectivity index (χ2n) is 6.72. The first-order valence-corrected chi connectivity index (χ1v) is 9.90. The molecule has 8 nitrogen and oxygen atoms in total. The van der Waals surface area contributed by atoms with E-state index in [2.05, 4.69) is 16.0 Å². The van der Waals surface area contributed by atoms with Gasteiger partial charge in [0.05, 0.1) is 13.7 Å². The minimum Gasteiger partial charge on any atom is -0.497 e. The number of hydrogen-bond acceptors (Lipinski definition) is 4. The molecule has 0 aromatic heterocycles. The Bertz CT molecular complexity index is 868. The van der Waals surface area contributed by atoms with Crippen molar-refractivity contribution in [3.05, 3.63) is 54.1 Å². The lowest BCUT2D eigenvalue weighted by molar-refractivity contribution is -0.881. The van der Waals surface area contributed by atoms with Crippen LogP contribution in [-0.4, -0.2) is 51.0 Å². The maximum atomic E-state index is 12.4. The van der Waals surface area contributed by atoms with Crippen LogP contribution in [0.4, 0.5) is 11.4 Å². The molecule has 2 aromatic rings. The van der Waals surface area contributed by atoms with Crippen molar-refractivity contribution in [2.45, 2.75) is 13.8 Å². The third kappa shape index (κ3) is 7.21. The number of methoxy groups -OCH3 is 1. The molecule has 1 atom stereocenters. The van der Waals surface area contributed by atoms with E-state index in [0.717, 1.165) is 4.90 Å². The maximum Gasteiger partial charge on any atom is 0.279 e. The van der Waals surface area contributed by atoms with Crippen LogP contribution in [0.1, 0.15) is 24.2 Å². The van der Waals surface area contributed by atoms with Crippen LogP contribution >= 0.6 is 0 Å². The largest absolute Gasteiger partial charge is 0.497 e. The van der Waals surface area contributed by atoms with Crippen LogP contribution in [-0.2, 0) is 9.59 Å². The Morgan fingerprint density at radius 2 is 1.53 bits per heavy atom. The first-order valence-electron chi connectivity index (χ1n) is 9.90. The van der Waals surface area contributed by atoms with Gasteiger partial charge in [0.1, 0.15) is 5.75 Å². The lowest BCUT2D eigenvalue weighted by Gasteiger charge is -2.17. The van der Waals surface area contributed by atoms with Crippen LogP contribution in [0, 0.1) is 0 Å². The van der Waals surface area contributed by atoms with Gasteiger partial charge in [-0.1, -0.05) is 6.07 Å². The fraction of sp³-hybridized carbons (Fsp3) is 0.318. The van der Waals surface area contributed by atoms with Gasteiger partial charge >= 0.3 is 0 Å². The molecule has 0 spiro atoms. The summed E-state index contributed by atoms with van der Waals surface area (Å²) in [5.41, 5.74) is 1.69. The summed E-state index contributed by atoms with van der Waals surface area (Å²) >= 11 is 0. The molecule has 0 radical (unpaired) electrons. The minimum atomic E-state index is -0.225. The zero-order chi connectivity index (χ0) is 21.9. The SMILES string of the molecule is CCNC(=O)c1cccc(NC(=O)C[NH+](CC)CC(=O)Nc2ccc(OC)cc2)c1. The molecule has 0 heterocycles. The van der Waals surface area contributed by atoms with Gasteiger partial charge in [-0.25, -0.2) is 0 Å². The van der Waals surface area contributed by atoms with Gasteiger partial charge < -0.3 is 25.6 Å². The maximum absolute atomic E-state index is 12.4. The summed E-state index contributed by atoms with van der Waals surface area (Å²) in [6.07, 6.45) is 0. The number of likely N-dealkylation sites (N-methyl/N-ethyl adjacent to an activating group) is 1. The number of carbonyl (C=O) groups excluding carboxylic acids is 3. The molecule has 8 heteroatoms. The van der Waals surface area contributed by atoms with E-state index in [1.807, 2.05) is 13.8 Å². The van der Waals surface area contributed by atoms with Crippen LogP contribution in [0.15, 0.2) is 48.5 Å². The Labute approximate surface area is 176 Å². The molecule has 3 amide bonds. The highest BCUT2D eigenvalue weighted by molar-refractivity contribution is 5.97. The second-order valence-corrected chi connectivity index (χ2v) is 6.72. The zero-order valence-electron chi connectivity index (χ0n) is 17.6. The van der Waals surface area contributed by atoms with Gasteiger partial charge in [-0.15, -0.1) is 0 Å². The summed E-state index contributed by atoms with van der Waals surface area (Å²) in [7, 11) is 1.58. The van der Waals surface area contributed by atoms with E-state index in [4.69, 9.17) is 4.74 Å². The summed E-state index contributed by atoms with van der Waals surface area (Å²) < 4.78 is 5.10. The molecule has 2 aromatic carbocycles. The third-order valence-electron chi connectivity index (χ3n) is 4.44. The van der Waals surface area contributed by atoms with Crippen LogP contribution in [0.5, 0.6) is 5.75 Å². The van der Waals surface area contributed by atoms with Crippen molar-refractivity contribution in [2.24, 2.45) is 0 Å². The van der Waals surface area contributed by atoms with Crippen LogP contribution in [0.25, 0.3) is 0 Å². The summed E-state index contributed by atoms with van der Waals surface area (Å²) in [6.45, 7) is 5.20. The number of nitrogens with one attached hydrogen (secondary N) is 4. The van der Waals surface area contributed by atoms with Gasteiger partial charge in [-0.3, -0.25) is 14.4 Å². The Kier molecular flexibility index (Phi) is 8.83. The monoisotopic (exact) mass is 413 g/mol. The lowest BCUT2D eigenvalue weighted by atomic mass is 10.2. The van der Waals surface area contributed by atoms with E-state index >= 15 is 0 Å². The normalized spacial score (nSPS) is 11.3. The molecule has 30 heavy (non-hydrogen) atoms. The predicted octanol–water partition coefficient (Wildman–Crippen LogP) is 0.927. The smallest absolute Gasteiger partial charge is 0.279 e. The molecule has 0 aliphatic heterocycles. The average molecular weight is 413 g/mol. The third-order valence-corrected chi connectivity index (χ3v) is 4.44. The Morgan fingerprint density at radius 3 is 2.10 bits per heavy atom. The number of ether oxygens (including phenoxy) is 1. The molecule has 4 N–H and O–H groups in total. The molecule has 0 aliphatic rings. The first-order chi connectivity index (χ1) is 14.4. The Balaban J connectivity index is 1.88. The number of amides is 3. The van der Waals surface area contributed by atoms with Crippen LogP contribution in [0.3, 0.4) is 0 Å². The fourth-order valence-corrected chi connectivity index (χ4v) is 2.85. The predicted molar refractivity (Wildman–Crippen MR) is 116 cm³/mol. The van der Waals surface area contributed by atoms with Crippen molar-refractivity contribution in [2.75, 3.05) is 43.9 Å². The van der Waals surface area contributed by atoms with Gasteiger partial charge in [0.25, 0.3) is 17.7 Å². The molecule has 0 bridgehead atoms. The van der Waals surface area contributed by atoms with Gasteiger partial charge in [0.2, 0.25) is 0 Å². The van der Waals surface area contributed by atoms with E-state index in [-0.39, 0.29) is 30.8 Å². The van der Waals surface area contributed by atoms with Crippen molar-refractivity contribution in [1.29, 1.82) is 0 Å². The van der Waals surface area contributed by atoms with E-state index in [1.165, 1.54) is 0 Å². The lowest BCUT2D eigenvalue weighted by Crippen LogP contribution is -3.13. The molecule has 1 unspecified atom stereocenters. The topological polar surface area (TPSA) is 101 Å². The highest BCUT2D eigenvalue weighted by Gasteiger charge is 2.17. The van der Waals surface area contributed by atoms with Crippen molar-refractivity contribution in [3.8, 4) is 5.75 Å². The zero-order valence-corrected chi connectivity index (χ0v) is 17.6. The Morgan fingerprint density at radius 1 is 0.900 bits per heavy atom. The molecule has 2 rings (SSSR count). The van der Waals surface area contributed by atoms with Crippen molar-refractivity contribution in [1.82, 2.24) is 5.32 Å². The molecule has 160 valence electrons. The van der Waals surface area contributed by atoms with Crippen LogP contribution in [0.2, 0.25) is 0 Å². The summed E-state index contributed by atoms with van der Waals surface area (Å²) in [6, 6.07) is 13.8. The van der Waals surface area contributed by atoms with E-state index in [0.29, 0.717) is 35.8 Å². The molecular formula is C22H29N4O4+. The first kappa shape index (κ1) is 22.9. The molecular weight excluding hydrogens is 384 g/mol. The molecule has 0 fully saturated rings. The number of quaternary nitrogens is 1. The highest BCUT2D eigenvalue weighted by Crippen LogP contribution is 2.14. The second kappa shape index (κ2) is 11.6. The fourth-order valence-electron chi connectivity index (χ4n) is 2.85. The number of carbonyl (C=O) groups is 3. The van der Waals surface area contributed by atoms with Gasteiger partial charge in [-0.2, -0.15) is 0 Å². The number of rotatable bonds is 10. The summed E-state index contributed by atoms with van der Waals surface area (Å²) in [4.78, 5) is 37.5. The van der Waals surface area contributed by atoms with E-state index < -0.39 is 0 Å². The van der Waals surface area contributed by atoms with Crippen LogP contribution < -0.4 is 25.6 Å². The summed E-state index contributed by atoms with van der Waals surface area (Å²) in [5.74, 6) is 0.117. The highest BCUT2D eigenvalue weighted by atomic mass is 16.5. The van der Waals surface area contributed by atoms with Gasteiger partial charge in [0.15, 0.2) is 13.1 Å².